The number of rotatable bonds is 5. The van der Waals surface area contributed by atoms with Gasteiger partial charge in [-0.1, -0.05) is 18.2 Å². The van der Waals surface area contributed by atoms with E-state index in [1.54, 1.807) is 30.3 Å². The van der Waals surface area contributed by atoms with Gasteiger partial charge in [-0.05, 0) is 36.4 Å². The lowest BCUT2D eigenvalue weighted by Gasteiger charge is -2.11. The van der Waals surface area contributed by atoms with E-state index in [1.165, 1.54) is 51.8 Å². The zero-order valence-electron chi connectivity index (χ0n) is 18.6. The van der Waals surface area contributed by atoms with Gasteiger partial charge in [0.1, 0.15) is 0 Å². The number of hydrogen-bond donors (Lipinski definition) is 0. The highest BCUT2D eigenvalue weighted by Gasteiger charge is 2.19. The van der Waals surface area contributed by atoms with Gasteiger partial charge in [0, 0.05) is 11.6 Å². The van der Waals surface area contributed by atoms with Crippen LogP contribution in [-0.4, -0.2) is 54.2 Å². The summed E-state index contributed by atoms with van der Waals surface area (Å²) in [5, 5.41) is 0.620. The third-order valence-corrected chi connectivity index (χ3v) is 5.07. The van der Waals surface area contributed by atoms with Crippen LogP contribution in [0.2, 0.25) is 0 Å². The van der Waals surface area contributed by atoms with Crippen molar-refractivity contribution < 1.29 is 28.6 Å². The lowest BCUT2D eigenvalue weighted by atomic mass is 10.0. The number of para-hydroxylation sites is 1. The van der Waals surface area contributed by atoms with Gasteiger partial charge in [0.15, 0.2) is 0 Å². The van der Waals surface area contributed by atoms with E-state index in [1.807, 2.05) is 0 Å². The molecular formula is C25H19N3O6. The molecule has 0 spiro atoms. The predicted molar refractivity (Wildman–Crippen MR) is 122 cm³/mol. The fourth-order valence-electron chi connectivity index (χ4n) is 3.43. The number of fused-ring (bicyclic) bond motifs is 1. The van der Waals surface area contributed by atoms with Crippen molar-refractivity contribution in [2.45, 2.75) is 0 Å². The average molecular weight is 457 g/mol. The van der Waals surface area contributed by atoms with Crippen LogP contribution in [0, 0.1) is 0 Å². The standard InChI is InChI=1S/C25H19N3O6/c1-32-23(29)14-8-9-26-19(10-14)20-11-15(24(30)33-2)12-21(28-20)22-13-17(25(31)34-3)16-6-4-5-7-18(16)27-22/h4-13H,1-3H3. The number of aromatic nitrogens is 3. The molecule has 0 saturated heterocycles. The first-order valence-corrected chi connectivity index (χ1v) is 10.1. The fraction of sp³-hybridized carbons (Fsp3) is 0.120. The lowest BCUT2D eigenvalue weighted by molar-refractivity contribution is 0.0591. The molecule has 0 N–H and O–H groups in total. The van der Waals surface area contributed by atoms with E-state index in [0.717, 1.165) is 0 Å². The lowest BCUT2D eigenvalue weighted by Crippen LogP contribution is -2.07. The number of methoxy groups -OCH3 is 3. The molecule has 0 atom stereocenters. The highest BCUT2D eigenvalue weighted by Crippen LogP contribution is 2.28. The zero-order chi connectivity index (χ0) is 24.2. The molecule has 3 aromatic heterocycles. The molecule has 0 radical (unpaired) electrons. The van der Waals surface area contributed by atoms with Gasteiger partial charge >= 0.3 is 17.9 Å². The Kier molecular flexibility index (Phi) is 6.26. The van der Waals surface area contributed by atoms with Gasteiger partial charge in [-0.15, -0.1) is 0 Å². The third-order valence-electron chi connectivity index (χ3n) is 5.07. The Bertz CT molecular complexity index is 1430. The molecule has 0 aliphatic heterocycles. The van der Waals surface area contributed by atoms with Crippen LogP contribution in [0.1, 0.15) is 31.1 Å². The second-order valence-corrected chi connectivity index (χ2v) is 7.10. The summed E-state index contributed by atoms with van der Waals surface area (Å²) in [6.45, 7) is 0. The van der Waals surface area contributed by atoms with Gasteiger partial charge in [0.05, 0.1) is 66.3 Å². The van der Waals surface area contributed by atoms with Crippen LogP contribution >= 0.6 is 0 Å². The quantitative estimate of drug-likeness (QED) is 0.326. The number of benzene rings is 1. The van der Waals surface area contributed by atoms with E-state index < -0.39 is 17.9 Å². The topological polar surface area (TPSA) is 118 Å². The van der Waals surface area contributed by atoms with Crippen LogP contribution in [0.4, 0.5) is 0 Å². The van der Waals surface area contributed by atoms with Crippen LogP contribution in [0.25, 0.3) is 33.7 Å². The summed E-state index contributed by atoms with van der Waals surface area (Å²) in [4.78, 5) is 50.3. The maximum absolute atomic E-state index is 12.5. The van der Waals surface area contributed by atoms with Crippen molar-refractivity contribution in [3.8, 4) is 22.8 Å². The Morgan fingerprint density at radius 1 is 0.647 bits per heavy atom. The first-order chi connectivity index (χ1) is 16.4. The van der Waals surface area contributed by atoms with E-state index in [4.69, 9.17) is 14.2 Å². The second kappa shape index (κ2) is 9.45. The predicted octanol–water partition coefficient (Wildman–Crippen LogP) is 3.72. The molecule has 170 valence electrons. The molecule has 0 unspecified atom stereocenters. The molecule has 9 heteroatoms. The molecule has 0 saturated carbocycles. The largest absolute Gasteiger partial charge is 0.465 e. The number of pyridine rings is 3. The van der Waals surface area contributed by atoms with Crippen LogP contribution in [-0.2, 0) is 14.2 Å². The molecular weight excluding hydrogens is 438 g/mol. The van der Waals surface area contributed by atoms with Crippen LogP contribution in [0.15, 0.2) is 60.8 Å². The summed E-state index contributed by atoms with van der Waals surface area (Å²) in [5.41, 5.74) is 2.62. The fourth-order valence-corrected chi connectivity index (χ4v) is 3.43. The highest BCUT2D eigenvalue weighted by molar-refractivity contribution is 6.04. The molecule has 4 aromatic rings. The third kappa shape index (κ3) is 4.31. The van der Waals surface area contributed by atoms with Crippen molar-refractivity contribution in [2.75, 3.05) is 21.3 Å². The molecule has 0 amide bonds. The molecule has 0 aliphatic rings. The number of ether oxygens (including phenoxy) is 3. The van der Waals surface area contributed by atoms with E-state index in [-0.39, 0.29) is 11.1 Å². The Balaban J connectivity index is 1.94. The number of carbonyl (C=O) groups excluding carboxylic acids is 3. The van der Waals surface area contributed by atoms with Gasteiger partial charge < -0.3 is 14.2 Å². The number of esters is 3. The van der Waals surface area contributed by atoms with E-state index in [9.17, 15) is 14.4 Å². The van der Waals surface area contributed by atoms with E-state index in [2.05, 4.69) is 15.0 Å². The van der Waals surface area contributed by atoms with Gasteiger partial charge in [0.2, 0.25) is 0 Å². The average Bonchev–Trinajstić information content (AvgIpc) is 2.90. The summed E-state index contributed by atoms with van der Waals surface area (Å²) in [5.74, 6) is -1.66. The smallest absolute Gasteiger partial charge is 0.338 e. The van der Waals surface area contributed by atoms with E-state index >= 15 is 0 Å². The minimum Gasteiger partial charge on any atom is -0.465 e. The molecule has 4 rings (SSSR count). The number of nitrogens with zero attached hydrogens (tertiary/aromatic N) is 3. The van der Waals surface area contributed by atoms with Crippen molar-refractivity contribution in [1.82, 2.24) is 15.0 Å². The SMILES string of the molecule is COC(=O)c1ccnc(-c2cc(C(=O)OC)cc(-c3cc(C(=O)OC)c4ccccc4n3)n2)c1. The summed E-state index contributed by atoms with van der Waals surface area (Å²) in [6, 6.07) is 14.7. The maximum Gasteiger partial charge on any atom is 0.338 e. The second-order valence-electron chi connectivity index (χ2n) is 7.10. The number of carbonyl (C=O) groups is 3. The minimum absolute atomic E-state index is 0.197. The van der Waals surface area contributed by atoms with Crippen molar-refractivity contribution in [3.05, 3.63) is 77.5 Å². The van der Waals surface area contributed by atoms with Gasteiger partial charge in [-0.2, -0.15) is 0 Å². The summed E-state index contributed by atoms with van der Waals surface area (Å²) in [6.07, 6.45) is 1.44. The van der Waals surface area contributed by atoms with E-state index in [0.29, 0.717) is 39.2 Å². The molecule has 3 heterocycles. The highest BCUT2D eigenvalue weighted by atomic mass is 16.5. The summed E-state index contributed by atoms with van der Waals surface area (Å²) < 4.78 is 14.6. The van der Waals surface area contributed by atoms with Crippen molar-refractivity contribution in [2.24, 2.45) is 0 Å². The first-order valence-electron chi connectivity index (χ1n) is 10.1. The first kappa shape index (κ1) is 22.5. The Labute approximate surface area is 194 Å². The molecule has 0 fully saturated rings. The van der Waals surface area contributed by atoms with Crippen molar-refractivity contribution in [3.63, 3.8) is 0 Å². The van der Waals surface area contributed by atoms with Crippen LogP contribution < -0.4 is 0 Å². The Morgan fingerprint density at radius 3 is 1.94 bits per heavy atom. The number of hydrogen-bond acceptors (Lipinski definition) is 9. The molecule has 9 nitrogen and oxygen atoms in total. The van der Waals surface area contributed by atoms with Crippen LogP contribution in [0.3, 0.4) is 0 Å². The summed E-state index contributed by atoms with van der Waals surface area (Å²) >= 11 is 0. The van der Waals surface area contributed by atoms with Gasteiger partial charge in [-0.25, -0.2) is 24.4 Å². The monoisotopic (exact) mass is 457 g/mol. The molecule has 0 bridgehead atoms. The summed E-state index contributed by atoms with van der Waals surface area (Å²) in [7, 11) is 3.84. The maximum atomic E-state index is 12.5. The van der Waals surface area contributed by atoms with Crippen LogP contribution in [0.5, 0.6) is 0 Å². The Hall–Kier alpha value is -4.66. The van der Waals surface area contributed by atoms with Gasteiger partial charge in [0.25, 0.3) is 0 Å². The molecule has 0 aliphatic carbocycles. The van der Waals surface area contributed by atoms with Crippen molar-refractivity contribution in [1.29, 1.82) is 0 Å². The molecule has 1 aromatic carbocycles. The normalized spacial score (nSPS) is 10.6. The van der Waals surface area contributed by atoms with Crippen molar-refractivity contribution >= 4 is 28.8 Å². The minimum atomic E-state index is -0.594. The zero-order valence-corrected chi connectivity index (χ0v) is 18.6. The van der Waals surface area contributed by atoms with Gasteiger partial charge in [-0.3, -0.25) is 4.98 Å². The Morgan fingerprint density at radius 2 is 1.24 bits per heavy atom. The molecule has 34 heavy (non-hydrogen) atoms.